The highest BCUT2D eigenvalue weighted by molar-refractivity contribution is 5.98. The molecule has 0 aromatic heterocycles. The first-order valence-electron chi connectivity index (χ1n) is 11.9. The lowest BCUT2D eigenvalue weighted by atomic mass is 9.99. The van der Waals surface area contributed by atoms with Gasteiger partial charge < -0.3 is 29.9 Å². The maximum atomic E-state index is 13.4. The third-order valence-electron chi connectivity index (χ3n) is 6.43. The fraction of sp³-hybridized carbons (Fsp3) is 0.462. The number of anilines is 2. The number of fused-ring (bicyclic) bond motifs is 1. The molecular formula is C26H33F3N4O4. The zero-order chi connectivity index (χ0) is 27.5. The summed E-state index contributed by atoms with van der Waals surface area (Å²) in [5.41, 5.74) is 0.597. The van der Waals surface area contributed by atoms with Gasteiger partial charge in [0.2, 0.25) is 0 Å². The molecule has 1 heterocycles. The van der Waals surface area contributed by atoms with Crippen molar-refractivity contribution < 1.29 is 32.6 Å². The van der Waals surface area contributed by atoms with Gasteiger partial charge in [0.15, 0.2) is 0 Å². The summed E-state index contributed by atoms with van der Waals surface area (Å²) in [7, 11) is 5.28. The summed E-state index contributed by atoms with van der Waals surface area (Å²) in [6, 6.07) is 8.55. The third kappa shape index (κ3) is 6.65. The molecule has 0 bridgehead atoms. The van der Waals surface area contributed by atoms with Crippen LogP contribution < -0.4 is 15.0 Å². The number of hydrogen-bond acceptors (Lipinski definition) is 5. The van der Waals surface area contributed by atoms with Crippen molar-refractivity contribution in [2.24, 2.45) is 5.92 Å². The number of likely N-dealkylation sites (N-methyl/N-ethyl adjacent to an activating group) is 1. The molecule has 0 aliphatic carbocycles. The van der Waals surface area contributed by atoms with Crippen LogP contribution in [0.5, 0.6) is 5.75 Å². The Morgan fingerprint density at radius 3 is 2.41 bits per heavy atom. The van der Waals surface area contributed by atoms with Crippen LogP contribution in [0.15, 0.2) is 42.5 Å². The van der Waals surface area contributed by atoms with E-state index in [-0.39, 0.29) is 30.7 Å². The molecule has 1 aliphatic heterocycles. The molecule has 1 aliphatic rings. The Bertz CT molecular complexity index is 1110. The van der Waals surface area contributed by atoms with Crippen molar-refractivity contribution in [1.82, 2.24) is 9.80 Å². The number of carbonyl (C=O) groups excluding carboxylic acids is 2. The molecule has 202 valence electrons. The van der Waals surface area contributed by atoms with Crippen molar-refractivity contribution in [1.29, 1.82) is 0 Å². The number of urea groups is 1. The van der Waals surface area contributed by atoms with E-state index in [1.807, 2.05) is 32.0 Å². The highest BCUT2D eigenvalue weighted by Crippen LogP contribution is 2.32. The molecule has 3 rings (SSSR count). The topological polar surface area (TPSA) is 85.4 Å². The molecular weight excluding hydrogens is 489 g/mol. The molecule has 8 nitrogen and oxygen atoms in total. The van der Waals surface area contributed by atoms with Crippen LogP contribution >= 0.6 is 0 Å². The molecule has 37 heavy (non-hydrogen) atoms. The molecule has 2 aromatic carbocycles. The molecule has 0 fully saturated rings. The SMILES string of the molecule is C[C@H]1CN([C@@H](C)CO)C(=O)c2cc(N(C)C)ccc2O[C@H]1CN(C)C(=O)Nc1ccc(C(F)(F)F)cc1. The summed E-state index contributed by atoms with van der Waals surface area (Å²) < 4.78 is 44.7. The van der Waals surface area contributed by atoms with Gasteiger partial charge in [0.25, 0.3) is 5.91 Å². The van der Waals surface area contributed by atoms with E-state index >= 15 is 0 Å². The quantitative estimate of drug-likeness (QED) is 0.595. The van der Waals surface area contributed by atoms with Crippen molar-refractivity contribution >= 4 is 23.3 Å². The van der Waals surface area contributed by atoms with Crippen LogP contribution in [0.3, 0.4) is 0 Å². The van der Waals surface area contributed by atoms with E-state index in [9.17, 15) is 27.9 Å². The highest BCUT2D eigenvalue weighted by Gasteiger charge is 2.34. The highest BCUT2D eigenvalue weighted by atomic mass is 19.4. The van der Waals surface area contributed by atoms with Gasteiger partial charge in [-0.3, -0.25) is 4.79 Å². The van der Waals surface area contributed by atoms with Crippen LogP contribution in [0.1, 0.15) is 29.8 Å². The average Bonchev–Trinajstić information content (AvgIpc) is 2.84. The second kappa shape index (κ2) is 11.3. The monoisotopic (exact) mass is 522 g/mol. The minimum absolute atomic E-state index is 0.151. The zero-order valence-electron chi connectivity index (χ0n) is 21.5. The van der Waals surface area contributed by atoms with E-state index in [1.54, 1.807) is 31.0 Å². The molecule has 0 spiro atoms. The molecule has 3 amide bonds. The summed E-state index contributed by atoms with van der Waals surface area (Å²) in [4.78, 5) is 31.1. The Kier molecular flexibility index (Phi) is 8.57. The molecule has 11 heteroatoms. The number of rotatable bonds is 6. The van der Waals surface area contributed by atoms with Crippen molar-refractivity contribution in [3.63, 3.8) is 0 Å². The summed E-state index contributed by atoms with van der Waals surface area (Å²) in [5.74, 6) is -0.0845. The van der Waals surface area contributed by atoms with Gasteiger partial charge in [0, 0.05) is 45.0 Å². The minimum Gasteiger partial charge on any atom is -0.487 e. The van der Waals surface area contributed by atoms with Crippen molar-refractivity contribution in [3.05, 3.63) is 53.6 Å². The number of aliphatic hydroxyl groups excluding tert-OH is 1. The van der Waals surface area contributed by atoms with E-state index in [0.717, 1.165) is 17.8 Å². The van der Waals surface area contributed by atoms with Gasteiger partial charge in [-0.1, -0.05) is 6.92 Å². The Morgan fingerprint density at radius 2 is 1.84 bits per heavy atom. The smallest absolute Gasteiger partial charge is 0.416 e. The average molecular weight is 523 g/mol. The maximum absolute atomic E-state index is 13.4. The zero-order valence-corrected chi connectivity index (χ0v) is 21.5. The summed E-state index contributed by atoms with van der Waals surface area (Å²) in [6.45, 7) is 3.91. The van der Waals surface area contributed by atoms with Crippen LogP contribution in [0, 0.1) is 5.92 Å². The van der Waals surface area contributed by atoms with Gasteiger partial charge in [-0.15, -0.1) is 0 Å². The van der Waals surface area contributed by atoms with Gasteiger partial charge >= 0.3 is 12.2 Å². The lowest BCUT2D eigenvalue weighted by Crippen LogP contribution is -2.50. The lowest BCUT2D eigenvalue weighted by molar-refractivity contribution is -0.137. The Hall–Kier alpha value is -3.47. The van der Waals surface area contributed by atoms with Gasteiger partial charge in [-0.25, -0.2) is 4.79 Å². The fourth-order valence-corrected chi connectivity index (χ4v) is 4.02. The predicted octanol–water partition coefficient (Wildman–Crippen LogP) is 4.16. The number of halogens is 3. The lowest BCUT2D eigenvalue weighted by Gasteiger charge is -2.38. The number of carbonyl (C=O) groups is 2. The van der Waals surface area contributed by atoms with Crippen LogP contribution in [0.25, 0.3) is 0 Å². The number of ether oxygens (including phenoxy) is 1. The van der Waals surface area contributed by atoms with Crippen LogP contribution in [0.4, 0.5) is 29.3 Å². The fourth-order valence-electron chi connectivity index (χ4n) is 4.02. The number of hydrogen-bond donors (Lipinski definition) is 2. The third-order valence-corrected chi connectivity index (χ3v) is 6.43. The summed E-state index contributed by atoms with van der Waals surface area (Å²) in [6.07, 6.45) is -4.97. The Labute approximate surface area is 214 Å². The van der Waals surface area contributed by atoms with Gasteiger partial charge in [0.1, 0.15) is 11.9 Å². The first-order chi connectivity index (χ1) is 17.3. The number of amides is 3. The first-order valence-corrected chi connectivity index (χ1v) is 11.9. The molecule has 3 atom stereocenters. The maximum Gasteiger partial charge on any atom is 0.416 e. The Balaban J connectivity index is 1.81. The number of nitrogens with one attached hydrogen (secondary N) is 1. The van der Waals surface area contributed by atoms with E-state index in [0.29, 0.717) is 17.9 Å². The first kappa shape index (κ1) is 28.1. The molecule has 0 saturated carbocycles. The number of alkyl halides is 3. The summed E-state index contributed by atoms with van der Waals surface area (Å²) in [5, 5.41) is 12.4. The van der Waals surface area contributed by atoms with Gasteiger partial charge in [-0.05, 0) is 49.4 Å². The van der Waals surface area contributed by atoms with Crippen LogP contribution in [-0.4, -0.2) is 79.8 Å². The number of nitrogens with zero attached hydrogens (tertiary/aromatic N) is 3. The molecule has 0 saturated heterocycles. The molecule has 2 N–H and O–H groups in total. The molecule has 2 aromatic rings. The normalized spacial score (nSPS) is 18.7. The van der Waals surface area contributed by atoms with Crippen molar-refractivity contribution in [3.8, 4) is 5.75 Å². The predicted molar refractivity (Wildman–Crippen MR) is 135 cm³/mol. The van der Waals surface area contributed by atoms with Crippen molar-refractivity contribution in [2.45, 2.75) is 32.2 Å². The van der Waals surface area contributed by atoms with Gasteiger partial charge in [-0.2, -0.15) is 13.2 Å². The summed E-state index contributed by atoms with van der Waals surface area (Å²) >= 11 is 0. The second-order valence-electron chi connectivity index (χ2n) is 9.58. The van der Waals surface area contributed by atoms with E-state index < -0.39 is 29.9 Å². The van der Waals surface area contributed by atoms with Crippen molar-refractivity contribution in [2.75, 3.05) is 51.1 Å². The van der Waals surface area contributed by atoms with Crippen LogP contribution in [-0.2, 0) is 6.18 Å². The van der Waals surface area contributed by atoms with E-state index in [2.05, 4.69) is 5.32 Å². The van der Waals surface area contributed by atoms with Crippen LogP contribution in [0.2, 0.25) is 0 Å². The second-order valence-corrected chi connectivity index (χ2v) is 9.58. The standard InChI is InChI=1S/C26H33F3N4O4/c1-16-13-33(17(2)15-34)24(35)21-12-20(31(3)4)10-11-22(21)37-23(16)14-32(5)25(36)30-19-8-6-18(7-9-19)26(27,28)29/h6-12,16-17,23,34H,13-15H2,1-5H3,(H,30,36)/t16-,17-,23-/m0/s1. The largest absolute Gasteiger partial charge is 0.487 e. The van der Waals surface area contributed by atoms with E-state index in [1.165, 1.54) is 17.0 Å². The minimum atomic E-state index is -4.46. The molecule has 0 unspecified atom stereocenters. The molecule has 0 radical (unpaired) electrons. The Morgan fingerprint density at radius 1 is 1.19 bits per heavy atom. The van der Waals surface area contributed by atoms with E-state index in [4.69, 9.17) is 4.74 Å². The number of aliphatic hydroxyl groups is 1. The van der Waals surface area contributed by atoms with Gasteiger partial charge in [0.05, 0.1) is 30.3 Å². The number of benzene rings is 2.